The number of nitrogens with zero attached hydrogens (tertiary/aromatic N) is 3. The predicted octanol–water partition coefficient (Wildman–Crippen LogP) is -0.593. The lowest BCUT2D eigenvalue weighted by Gasteiger charge is -2.33. The highest BCUT2D eigenvalue weighted by Crippen LogP contribution is 2.20. The topological polar surface area (TPSA) is 102 Å². The van der Waals surface area contributed by atoms with Crippen LogP contribution in [-0.4, -0.2) is 57.1 Å². The normalized spacial score (nSPS) is 18.6. The number of amides is 2. The van der Waals surface area contributed by atoms with Gasteiger partial charge in [-0.3, -0.25) is 5.43 Å². The fraction of sp³-hybridized carbons (Fsp3) is 0.500. The van der Waals surface area contributed by atoms with Crippen molar-refractivity contribution in [2.45, 2.75) is 19.0 Å². The van der Waals surface area contributed by atoms with Crippen LogP contribution in [0.1, 0.15) is 11.4 Å². The number of hydrazine groups is 1. The van der Waals surface area contributed by atoms with Gasteiger partial charge in [0, 0.05) is 20.5 Å². The molecule has 0 fully saturated rings. The number of carbonyl (C=O) groups is 2. The van der Waals surface area contributed by atoms with Crippen molar-refractivity contribution >= 4 is 12.0 Å². The van der Waals surface area contributed by atoms with Gasteiger partial charge in [0.25, 0.3) is 0 Å². The number of carbonyl (C=O) groups excluding carboxylic acids is 1. The van der Waals surface area contributed by atoms with Gasteiger partial charge in [-0.15, -0.1) is 0 Å². The highest BCUT2D eigenvalue weighted by atomic mass is 16.4. The number of fused-ring (bicyclic) bond motifs is 1. The molecular formula is C10H15N5O3. The minimum absolute atomic E-state index is 0.214. The van der Waals surface area contributed by atoms with E-state index in [2.05, 4.69) is 15.4 Å². The molecule has 1 atom stereocenters. The molecule has 98 valence electrons. The molecule has 0 radical (unpaired) electrons. The van der Waals surface area contributed by atoms with Crippen molar-refractivity contribution in [1.29, 1.82) is 0 Å². The van der Waals surface area contributed by atoms with Gasteiger partial charge in [-0.05, 0) is 0 Å². The van der Waals surface area contributed by atoms with E-state index < -0.39 is 18.0 Å². The minimum atomic E-state index is -1.03. The molecule has 0 saturated heterocycles. The second-order valence-electron chi connectivity index (χ2n) is 4.33. The molecule has 8 nitrogen and oxygen atoms in total. The molecule has 2 amide bonds. The van der Waals surface area contributed by atoms with E-state index in [1.807, 2.05) is 0 Å². The summed E-state index contributed by atoms with van der Waals surface area (Å²) < 4.78 is 0. The number of hydrogen-bond acceptors (Lipinski definition) is 4. The Hall–Kier alpha value is -2.09. The molecule has 0 saturated carbocycles. The number of aromatic amines is 1. The number of imidazole rings is 1. The molecule has 1 aromatic rings. The first kappa shape index (κ1) is 12.4. The van der Waals surface area contributed by atoms with E-state index in [1.54, 1.807) is 14.1 Å². The Kier molecular flexibility index (Phi) is 3.19. The number of urea groups is 1. The molecule has 1 unspecified atom stereocenters. The van der Waals surface area contributed by atoms with Crippen molar-refractivity contribution in [2.75, 3.05) is 14.1 Å². The number of aliphatic carboxylic acids is 1. The number of rotatable bonds is 2. The number of nitrogens with one attached hydrogen (secondary N) is 2. The maximum atomic E-state index is 11.9. The number of carboxylic acid groups (broad SMARTS) is 1. The van der Waals surface area contributed by atoms with Gasteiger partial charge in [0.1, 0.15) is 6.04 Å². The van der Waals surface area contributed by atoms with Crippen LogP contribution >= 0.6 is 0 Å². The van der Waals surface area contributed by atoms with Crippen molar-refractivity contribution in [1.82, 2.24) is 25.3 Å². The third-order valence-corrected chi connectivity index (χ3v) is 2.76. The number of carboxylic acids is 1. The molecule has 0 aromatic carbocycles. The molecule has 3 N–H and O–H groups in total. The van der Waals surface area contributed by atoms with Crippen LogP contribution in [-0.2, 0) is 17.8 Å². The van der Waals surface area contributed by atoms with Gasteiger partial charge in [-0.25, -0.2) is 19.6 Å². The molecule has 0 aliphatic carbocycles. The summed E-state index contributed by atoms with van der Waals surface area (Å²) in [5.74, 6) is -1.03. The lowest BCUT2D eigenvalue weighted by Crippen LogP contribution is -2.54. The summed E-state index contributed by atoms with van der Waals surface area (Å²) in [5.41, 5.74) is 4.03. The first-order chi connectivity index (χ1) is 8.49. The Balaban J connectivity index is 2.22. The van der Waals surface area contributed by atoms with Crippen molar-refractivity contribution in [2.24, 2.45) is 0 Å². The summed E-state index contributed by atoms with van der Waals surface area (Å²) in [6, 6.07) is -1.33. The average molecular weight is 253 g/mol. The summed E-state index contributed by atoms with van der Waals surface area (Å²) >= 11 is 0. The zero-order chi connectivity index (χ0) is 13.3. The van der Waals surface area contributed by atoms with E-state index in [4.69, 9.17) is 0 Å². The molecular weight excluding hydrogens is 238 g/mol. The first-order valence-electron chi connectivity index (χ1n) is 5.47. The Morgan fingerprint density at radius 2 is 2.33 bits per heavy atom. The molecule has 1 aliphatic rings. The molecule has 1 aliphatic heterocycles. The van der Waals surface area contributed by atoms with E-state index in [1.165, 1.54) is 16.2 Å². The summed E-state index contributed by atoms with van der Waals surface area (Å²) in [5, 5.41) is 10.7. The van der Waals surface area contributed by atoms with Crippen LogP contribution in [0, 0.1) is 0 Å². The number of hydrogen-bond donors (Lipinski definition) is 3. The molecule has 2 rings (SSSR count). The molecule has 1 aromatic heterocycles. The predicted molar refractivity (Wildman–Crippen MR) is 61.5 cm³/mol. The van der Waals surface area contributed by atoms with Gasteiger partial charge in [0.15, 0.2) is 0 Å². The van der Waals surface area contributed by atoms with Crippen LogP contribution < -0.4 is 5.43 Å². The zero-order valence-corrected chi connectivity index (χ0v) is 10.2. The quantitative estimate of drug-likeness (QED) is 0.611. The SMILES string of the molecule is CN(C)NC(=O)N1Cc2[nH]cnc2CC1C(=O)O. The highest BCUT2D eigenvalue weighted by molar-refractivity contribution is 5.83. The van der Waals surface area contributed by atoms with Gasteiger partial charge < -0.3 is 15.0 Å². The van der Waals surface area contributed by atoms with Crippen molar-refractivity contribution in [3.63, 3.8) is 0 Å². The minimum Gasteiger partial charge on any atom is -0.480 e. The molecule has 0 spiro atoms. The van der Waals surface area contributed by atoms with E-state index in [0.717, 1.165) is 5.69 Å². The first-order valence-corrected chi connectivity index (χ1v) is 5.47. The molecule has 8 heteroatoms. The Morgan fingerprint density at radius 1 is 1.61 bits per heavy atom. The molecule has 0 bridgehead atoms. The lowest BCUT2D eigenvalue weighted by atomic mass is 10.0. The second kappa shape index (κ2) is 4.65. The fourth-order valence-corrected chi connectivity index (χ4v) is 1.93. The summed E-state index contributed by atoms with van der Waals surface area (Å²) in [7, 11) is 3.33. The average Bonchev–Trinajstić information content (AvgIpc) is 2.72. The van der Waals surface area contributed by atoms with Crippen molar-refractivity contribution < 1.29 is 14.7 Å². The van der Waals surface area contributed by atoms with Crippen LogP contribution in [0.2, 0.25) is 0 Å². The van der Waals surface area contributed by atoms with Crippen LogP contribution in [0.5, 0.6) is 0 Å². The zero-order valence-electron chi connectivity index (χ0n) is 10.2. The summed E-state index contributed by atoms with van der Waals surface area (Å²) in [6.45, 7) is 0.214. The van der Waals surface area contributed by atoms with Gasteiger partial charge in [-0.1, -0.05) is 0 Å². The maximum absolute atomic E-state index is 11.9. The van der Waals surface area contributed by atoms with E-state index in [9.17, 15) is 14.7 Å². The van der Waals surface area contributed by atoms with Crippen molar-refractivity contribution in [3.05, 3.63) is 17.7 Å². The lowest BCUT2D eigenvalue weighted by molar-refractivity contribution is -0.142. The molecule has 2 heterocycles. The number of aromatic nitrogens is 2. The smallest absolute Gasteiger partial charge is 0.333 e. The fourth-order valence-electron chi connectivity index (χ4n) is 1.93. The molecule has 18 heavy (non-hydrogen) atoms. The third kappa shape index (κ3) is 2.28. The van der Waals surface area contributed by atoms with Crippen LogP contribution in [0.4, 0.5) is 4.79 Å². The van der Waals surface area contributed by atoms with Gasteiger partial charge in [0.05, 0.1) is 24.3 Å². The monoisotopic (exact) mass is 253 g/mol. The van der Waals surface area contributed by atoms with Crippen LogP contribution in [0.3, 0.4) is 0 Å². The Bertz CT molecular complexity index is 470. The van der Waals surface area contributed by atoms with Crippen molar-refractivity contribution in [3.8, 4) is 0 Å². The Labute approximate surface area is 104 Å². The summed E-state index contributed by atoms with van der Waals surface area (Å²) in [6.07, 6.45) is 1.73. The van der Waals surface area contributed by atoms with Gasteiger partial charge in [-0.2, -0.15) is 0 Å². The Morgan fingerprint density at radius 3 is 2.94 bits per heavy atom. The van der Waals surface area contributed by atoms with E-state index in [0.29, 0.717) is 5.69 Å². The summed E-state index contributed by atoms with van der Waals surface area (Å²) in [4.78, 5) is 31.4. The van der Waals surface area contributed by atoms with E-state index in [-0.39, 0.29) is 13.0 Å². The van der Waals surface area contributed by atoms with E-state index >= 15 is 0 Å². The van der Waals surface area contributed by atoms with Crippen LogP contribution in [0.25, 0.3) is 0 Å². The van der Waals surface area contributed by atoms with Gasteiger partial charge in [0.2, 0.25) is 0 Å². The largest absolute Gasteiger partial charge is 0.480 e. The second-order valence-corrected chi connectivity index (χ2v) is 4.33. The van der Waals surface area contributed by atoms with Crippen LogP contribution in [0.15, 0.2) is 6.33 Å². The standard InChI is InChI=1S/C10H15N5O3/c1-14(2)13-10(18)15-4-7-6(11-5-12-7)3-8(15)9(16)17/h5,8H,3-4H2,1-2H3,(H,11,12)(H,13,18)(H,16,17). The van der Waals surface area contributed by atoms with Gasteiger partial charge >= 0.3 is 12.0 Å². The third-order valence-electron chi connectivity index (χ3n) is 2.76. The highest BCUT2D eigenvalue weighted by Gasteiger charge is 2.36. The number of H-pyrrole nitrogens is 1. The maximum Gasteiger partial charge on any atom is 0.333 e.